The first kappa shape index (κ1) is 76.5. The Morgan fingerprint density at radius 2 is 0.308 bits per heavy atom. The van der Waals surface area contributed by atoms with Gasteiger partial charge in [0.15, 0.2) is 0 Å². The van der Waals surface area contributed by atoms with Crippen LogP contribution in [-0.4, -0.2) is 30.6 Å². The third-order valence-electron chi connectivity index (χ3n) is 21.9. The van der Waals surface area contributed by atoms with Gasteiger partial charge in [0.2, 0.25) is 0 Å². The summed E-state index contributed by atoms with van der Waals surface area (Å²) < 4.78 is 14.7. The Bertz CT molecular complexity index is 4480. The standard InChI is InChI=1S/C96H118O8/c1-89(2,3)73-37-57-29-58-38-74(90(4,5)6)40-60(82(58)98)31-62-42-76(92(10,11)12)46-66(84(62)100)34-70-50-80(96(22,23)24)52-72-36-68-48-78(94(16,17)18)44-64(86(68)102)32-63-43-77(93(13,14)15)47-67(85(63)101)35-71-51-79(95(19,20)21)49-69(87(71)103-53-55-25-27-56(28-26-55)54-104-88(70)72)33-65-45-75(91(7,8)9)41-61(83(65)99)30-59(39-73)81(57)97/h25-28,37-52,97-102H,29-36,53-54H2,1-24H3. The third-order valence-corrected chi connectivity index (χ3v) is 21.9. The summed E-state index contributed by atoms with van der Waals surface area (Å²) in [5.74, 6) is 2.11. The van der Waals surface area contributed by atoms with E-state index in [2.05, 4.69) is 287 Å². The molecule has 0 atom stereocenters. The first-order valence-electron chi connectivity index (χ1n) is 37.8. The van der Waals surface area contributed by atoms with E-state index in [-0.39, 0.29) is 117 Å². The summed E-state index contributed by atoms with van der Waals surface area (Å²) in [6.45, 7) is 53.1. The summed E-state index contributed by atoms with van der Waals surface area (Å²) in [5.41, 5.74) is 19.2. The summed E-state index contributed by atoms with van der Waals surface area (Å²) in [6.07, 6.45) is 2.07. The minimum Gasteiger partial charge on any atom is -0.507 e. The highest BCUT2D eigenvalue weighted by Gasteiger charge is 2.32. The lowest BCUT2D eigenvalue weighted by Crippen LogP contribution is -2.16. The Balaban J connectivity index is 1.26. The second-order valence-corrected chi connectivity index (χ2v) is 38.9. The van der Waals surface area contributed by atoms with Crippen LogP contribution in [0, 0.1) is 0 Å². The Hall–Kier alpha value is -8.62. The molecule has 0 amide bonds. The number of hydrogen-bond acceptors (Lipinski definition) is 8. The molecule has 0 radical (unpaired) electrons. The molecule has 104 heavy (non-hydrogen) atoms. The van der Waals surface area contributed by atoms with Crippen molar-refractivity contribution in [2.24, 2.45) is 0 Å². The highest BCUT2D eigenvalue weighted by Crippen LogP contribution is 2.48. The number of phenolic OH excluding ortho intramolecular Hbond substituents is 6. The van der Waals surface area contributed by atoms with Gasteiger partial charge in [-0.25, -0.2) is 0 Å². The van der Waals surface area contributed by atoms with Crippen molar-refractivity contribution in [1.82, 2.24) is 0 Å². The summed E-state index contributed by atoms with van der Waals surface area (Å²) in [6, 6.07) is 42.7. The third kappa shape index (κ3) is 16.6. The molecule has 8 heteroatoms. The lowest BCUT2D eigenvalue weighted by Gasteiger charge is -2.27. The first-order chi connectivity index (χ1) is 48.0. The molecule has 0 saturated carbocycles. The fourth-order valence-corrected chi connectivity index (χ4v) is 14.7. The van der Waals surface area contributed by atoms with E-state index in [9.17, 15) is 30.6 Å². The maximum absolute atomic E-state index is 13.2. The maximum Gasteiger partial charge on any atom is 0.126 e. The van der Waals surface area contributed by atoms with Gasteiger partial charge in [0.05, 0.1) is 0 Å². The monoisotopic (exact) mass is 1400 g/mol. The zero-order chi connectivity index (χ0) is 76.3. The van der Waals surface area contributed by atoms with Crippen LogP contribution in [0.2, 0.25) is 0 Å². The van der Waals surface area contributed by atoms with E-state index in [1.807, 2.05) is 0 Å². The van der Waals surface area contributed by atoms with Gasteiger partial charge in [0.1, 0.15) is 59.2 Å². The Kier molecular flexibility index (Phi) is 20.1. The van der Waals surface area contributed by atoms with Crippen LogP contribution in [-0.2, 0) is 108 Å². The number of benzene rings is 9. The predicted molar refractivity (Wildman–Crippen MR) is 429 cm³/mol. The smallest absolute Gasteiger partial charge is 0.126 e. The van der Waals surface area contributed by atoms with E-state index in [4.69, 9.17) is 9.47 Å². The van der Waals surface area contributed by atoms with Crippen LogP contribution < -0.4 is 9.47 Å². The van der Waals surface area contributed by atoms with Crippen LogP contribution in [0.25, 0.3) is 0 Å². The zero-order valence-corrected chi connectivity index (χ0v) is 67.1. The summed E-state index contributed by atoms with van der Waals surface area (Å²) >= 11 is 0. The van der Waals surface area contributed by atoms with Gasteiger partial charge in [-0.2, -0.15) is 0 Å². The lowest BCUT2D eigenvalue weighted by molar-refractivity contribution is 0.296. The van der Waals surface area contributed by atoms with E-state index in [0.717, 1.165) is 89.0 Å². The maximum atomic E-state index is 13.2. The highest BCUT2D eigenvalue weighted by atomic mass is 16.5. The molecule has 0 spiro atoms. The SMILES string of the molecule is CC(C)(C)c1cc2c(O)c(c1)Cc1cc(C(C)(C)C)cc(c1O)Cc1cc(C(C)(C)C)cc3c1OCc1ccc(cc1)COc1c(cc(C(C)(C)C)cc1Cc1cc(C(C)(C)C)cc(c1O)Cc1cc(C(C)(C)C)cc(c1O)C3)Cc1cc(C(C)(C)C)cc(c1O)Cc1cc(C(C)(C)C)cc(c1O)C2. The Morgan fingerprint density at radius 3 is 0.433 bits per heavy atom. The minimum absolute atomic E-state index is 0.104. The van der Waals surface area contributed by atoms with Crippen LogP contribution in [0.3, 0.4) is 0 Å². The van der Waals surface area contributed by atoms with E-state index < -0.39 is 0 Å². The second-order valence-electron chi connectivity index (χ2n) is 38.9. The van der Waals surface area contributed by atoms with Gasteiger partial charge < -0.3 is 40.1 Å². The van der Waals surface area contributed by atoms with Crippen molar-refractivity contribution in [3.63, 3.8) is 0 Å². The van der Waals surface area contributed by atoms with Crippen molar-refractivity contribution < 1.29 is 40.1 Å². The summed E-state index contributed by atoms with van der Waals surface area (Å²) in [4.78, 5) is 0. The predicted octanol–water partition coefficient (Wildman–Crippen LogP) is 22.8. The largest absolute Gasteiger partial charge is 0.507 e. The molecule has 4 heterocycles. The fraction of sp³-hybridized carbons (Fsp3) is 0.438. The van der Waals surface area contributed by atoms with E-state index in [1.54, 1.807) is 0 Å². The molecule has 16 bridgehead atoms. The molecule has 8 nitrogen and oxygen atoms in total. The fourth-order valence-electron chi connectivity index (χ4n) is 14.7. The topological polar surface area (TPSA) is 140 Å². The molecule has 0 aliphatic carbocycles. The zero-order valence-electron chi connectivity index (χ0n) is 67.1. The van der Waals surface area contributed by atoms with Crippen molar-refractivity contribution >= 4 is 0 Å². The number of hydrogen-bond donors (Lipinski definition) is 6. The molecule has 9 aromatic rings. The molecule has 0 aromatic heterocycles. The van der Waals surface area contributed by atoms with Crippen molar-refractivity contribution in [2.45, 2.75) is 274 Å². The van der Waals surface area contributed by atoms with Gasteiger partial charge in [-0.3, -0.25) is 0 Å². The number of rotatable bonds is 0. The van der Waals surface area contributed by atoms with Gasteiger partial charge in [0.25, 0.3) is 0 Å². The summed E-state index contributed by atoms with van der Waals surface area (Å²) in [7, 11) is 0. The average Bonchev–Trinajstić information content (AvgIpc) is 0.785. The second kappa shape index (κ2) is 27.4. The van der Waals surface area contributed by atoms with Crippen LogP contribution in [0.4, 0.5) is 0 Å². The molecule has 13 rings (SSSR count). The number of aromatic hydroxyl groups is 6. The van der Waals surface area contributed by atoms with Crippen molar-refractivity contribution in [2.75, 3.05) is 0 Å². The van der Waals surface area contributed by atoms with E-state index >= 15 is 0 Å². The molecule has 0 saturated heterocycles. The van der Waals surface area contributed by atoms with Crippen molar-refractivity contribution in [3.05, 3.63) is 266 Å². The molecule has 9 aromatic carbocycles. The number of phenols is 6. The van der Waals surface area contributed by atoms with Gasteiger partial charge >= 0.3 is 0 Å². The van der Waals surface area contributed by atoms with Gasteiger partial charge in [-0.15, -0.1) is 0 Å². The van der Waals surface area contributed by atoms with E-state index in [0.29, 0.717) is 92.8 Å². The molecule has 4 aliphatic heterocycles. The average molecular weight is 1400 g/mol. The molecule has 0 unspecified atom stereocenters. The van der Waals surface area contributed by atoms with Gasteiger partial charge in [-0.05, 0) is 188 Å². The van der Waals surface area contributed by atoms with E-state index in [1.165, 1.54) is 0 Å². The molecule has 550 valence electrons. The molecule has 0 fully saturated rings. The first-order valence-corrected chi connectivity index (χ1v) is 37.8. The van der Waals surface area contributed by atoms with Crippen LogP contribution in [0.1, 0.15) is 311 Å². The number of ether oxygens (including phenoxy) is 2. The highest BCUT2D eigenvalue weighted by molar-refractivity contribution is 5.63. The van der Waals surface area contributed by atoms with Gasteiger partial charge in [-0.1, -0.05) is 287 Å². The molecule has 6 N–H and O–H groups in total. The van der Waals surface area contributed by atoms with Crippen LogP contribution in [0.15, 0.2) is 121 Å². The summed E-state index contributed by atoms with van der Waals surface area (Å²) in [5, 5.41) is 78.8. The van der Waals surface area contributed by atoms with Crippen LogP contribution in [0.5, 0.6) is 46.0 Å². The molecule has 4 aliphatic rings. The lowest BCUT2D eigenvalue weighted by atomic mass is 9.79. The normalized spacial score (nSPS) is 14.5. The van der Waals surface area contributed by atoms with Gasteiger partial charge in [0, 0.05) is 51.4 Å². The molecular formula is C96H118O8. The quantitative estimate of drug-likeness (QED) is 0.0882. The van der Waals surface area contributed by atoms with Crippen molar-refractivity contribution in [1.29, 1.82) is 0 Å². The molecular weight excluding hydrogens is 1280 g/mol. The minimum atomic E-state index is -0.358. The Labute approximate surface area is 622 Å². The van der Waals surface area contributed by atoms with Crippen LogP contribution >= 0.6 is 0 Å². The van der Waals surface area contributed by atoms with Crippen molar-refractivity contribution in [3.8, 4) is 46.0 Å². The Morgan fingerprint density at radius 1 is 0.192 bits per heavy atom.